The normalized spacial score (nSPS) is 16.4. The van der Waals surface area contributed by atoms with Crippen molar-refractivity contribution < 1.29 is 9.31 Å². The highest BCUT2D eigenvalue weighted by atomic mass is 16.7. The lowest BCUT2D eigenvalue weighted by Crippen LogP contribution is -2.41. The molecule has 0 atom stereocenters. The molecule has 0 amide bonds. The molecule has 1 aromatic heterocycles. The molecule has 0 N–H and O–H groups in total. The summed E-state index contributed by atoms with van der Waals surface area (Å²) in [6.07, 6.45) is 2.23. The molecule has 220 valence electrons. The molecule has 1 aliphatic carbocycles. The van der Waals surface area contributed by atoms with E-state index in [4.69, 9.17) is 24.3 Å². The molecule has 0 spiro atoms. The molecule has 1 saturated heterocycles. The van der Waals surface area contributed by atoms with Crippen molar-refractivity contribution in [2.75, 3.05) is 0 Å². The standard InChI is InChI=1S/C39H34BN3O2/c1-38(2)39(3,4)45-40(44-38)33-15-9-14-31(24-33)37-42-35(27-10-6-5-7-11-27)41-36(43-37)28-19-16-25(17-20-28)32-22-29-13-8-12-26-18-21-30(23-32)34(26)29/h5-17,19-20,22-24H,18,21H2,1-4H3. The molecule has 2 heterocycles. The summed E-state index contributed by atoms with van der Waals surface area (Å²) in [4.78, 5) is 14.9. The molecular weight excluding hydrogens is 553 g/mol. The van der Waals surface area contributed by atoms with Crippen molar-refractivity contribution in [3.05, 3.63) is 120 Å². The van der Waals surface area contributed by atoms with Crippen molar-refractivity contribution >= 4 is 23.4 Å². The van der Waals surface area contributed by atoms with E-state index < -0.39 is 18.3 Å². The zero-order valence-corrected chi connectivity index (χ0v) is 26.0. The summed E-state index contributed by atoms with van der Waals surface area (Å²) in [5, 5.41) is 2.76. The molecule has 8 rings (SSSR count). The Hall–Kier alpha value is -4.65. The Morgan fingerprint density at radius 3 is 1.80 bits per heavy atom. The first kappa shape index (κ1) is 27.9. The average molecular weight is 588 g/mol. The molecule has 0 unspecified atom stereocenters. The highest BCUT2D eigenvalue weighted by Crippen LogP contribution is 2.37. The quantitative estimate of drug-likeness (QED) is 0.191. The lowest BCUT2D eigenvalue weighted by Gasteiger charge is -2.32. The molecule has 1 fully saturated rings. The van der Waals surface area contributed by atoms with Crippen molar-refractivity contribution in [3.63, 3.8) is 0 Å². The summed E-state index contributed by atoms with van der Waals surface area (Å²) in [6.45, 7) is 8.27. The van der Waals surface area contributed by atoms with Gasteiger partial charge in [-0.25, -0.2) is 15.0 Å². The number of hydrogen-bond donors (Lipinski definition) is 0. The van der Waals surface area contributed by atoms with E-state index in [0.29, 0.717) is 17.5 Å². The zero-order chi connectivity index (χ0) is 30.8. The third-order valence-electron chi connectivity index (χ3n) is 9.62. The monoisotopic (exact) mass is 587 g/mol. The van der Waals surface area contributed by atoms with Gasteiger partial charge in [0.1, 0.15) is 0 Å². The van der Waals surface area contributed by atoms with Crippen LogP contribution < -0.4 is 5.46 Å². The van der Waals surface area contributed by atoms with Crippen LogP contribution in [0.2, 0.25) is 0 Å². The van der Waals surface area contributed by atoms with Gasteiger partial charge in [-0.1, -0.05) is 103 Å². The second-order valence-corrected chi connectivity index (χ2v) is 13.1. The topological polar surface area (TPSA) is 57.1 Å². The Morgan fingerprint density at radius 2 is 1.09 bits per heavy atom. The second-order valence-electron chi connectivity index (χ2n) is 13.1. The molecule has 6 heteroatoms. The van der Waals surface area contributed by atoms with Crippen LogP contribution in [0.5, 0.6) is 0 Å². The van der Waals surface area contributed by atoms with Crippen molar-refractivity contribution in [1.29, 1.82) is 0 Å². The van der Waals surface area contributed by atoms with Crippen molar-refractivity contribution in [1.82, 2.24) is 15.0 Å². The molecular formula is C39H34BN3O2. The summed E-state index contributed by atoms with van der Waals surface area (Å²) < 4.78 is 12.7. The smallest absolute Gasteiger partial charge is 0.399 e. The van der Waals surface area contributed by atoms with Gasteiger partial charge in [-0.15, -0.1) is 0 Å². The summed E-state index contributed by atoms with van der Waals surface area (Å²) in [7, 11) is -0.468. The largest absolute Gasteiger partial charge is 0.494 e. The Balaban J connectivity index is 1.17. The molecule has 5 aromatic carbocycles. The van der Waals surface area contributed by atoms with E-state index in [1.165, 1.54) is 33.0 Å². The number of hydrogen-bond acceptors (Lipinski definition) is 5. The number of nitrogens with zero attached hydrogens (tertiary/aromatic N) is 3. The van der Waals surface area contributed by atoms with E-state index in [0.717, 1.165) is 35.0 Å². The lowest BCUT2D eigenvalue weighted by atomic mass is 9.78. The average Bonchev–Trinajstić information content (AvgIpc) is 3.58. The molecule has 1 aliphatic heterocycles. The fourth-order valence-corrected chi connectivity index (χ4v) is 6.41. The fraction of sp³-hybridized carbons (Fsp3) is 0.205. The van der Waals surface area contributed by atoms with Crippen LogP contribution >= 0.6 is 0 Å². The minimum absolute atomic E-state index is 0.422. The van der Waals surface area contributed by atoms with Gasteiger partial charge in [0.05, 0.1) is 11.2 Å². The Bertz CT molecular complexity index is 2060. The number of aryl methyl sites for hydroxylation is 2. The van der Waals surface area contributed by atoms with Gasteiger partial charge in [0.15, 0.2) is 17.5 Å². The third kappa shape index (κ3) is 4.95. The lowest BCUT2D eigenvalue weighted by molar-refractivity contribution is 0.00578. The minimum Gasteiger partial charge on any atom is -0.399 e. The van der Waals surface area contributed by atoms with Crippen molar-refractivity contribution in [2.45, 2.75) is 51.7 Å². The molecule has 0 bridgehead atoms. The van der Waals surface area contributed by atoms with E-state index >= 15 is 0 Å². The Kier molecular flexibility index (Phi) is 6.49. The summed E-state index contributed by atoms with van der Waals surface area (Å²) in [6, 6.07) is 38.1. The fourth-order valence-electron chi connectivity index (χ4n) is 6.41. The highest BCUT2D eigenvalue weighted by molar-refractivity contribution is 6.62. The molecule has 0 radical (unpaired) electrons. The van der Waals surface area contributed by atoms with E-state index in [9.17, 15) is 0 Å². The van der Waals surface area contributed by atoms with Crippen LogP contribution in [0, 0.1) is 0 Å². The first-order valence-electron chi connectivity index (χ1n) is 15.7. The van der Waals surface area contributed by atoms with Gasteiger partial charge in [-0.3, -0.25) is 0 Å². The van der Waals surface area contributed by atoms with E-state index in [-0.39, 0.29) is 0 Å². The first-order valence-corrected chi connectivity index (χ1v) is 15.7. The van der Waals surface area contributed by atoms with Gasteiger partial charge >= 0.3 is 7.12 Å². The SMILES string of the molecule is CC1(C)OB(c2cccc(-c3nc(-c4ccccc4)nc(-c4ccc(-c5cc6c7c(cccc7c5)CC6)cc4)n3)c2)OC1(C)C. The number of rotatable bonds is 5. The van der Waals surface area contributed by atoms with Crippen LogP contribution in [0.3, 0.4) is 0 Å². The van der Waals surface area contributed by atoms with Crippen LogP contribution in [0.1, 0.15) is 38.8 Å². The first-order chi connectivity index (χ1) is 21.7. The maximum absolute atomic E-state index is 6.34. The van der Waals surface area contributed by atoms with Gasteiger partial charge in [-0.05, 0) is 85.1 Å². The number of aromatic nitrogens is 3. The summed E-state index contributed by atoms with van der Waals surface area (Å²) in [5.74, 6) is 1.87. The molecule has 6 aromatic rings. The zero-order valence-electron chi connectivity index (χ0n) is 26.0. The van der Waals surface area contributed by atoms with Gasteiger partial charge in [0.25, 0.3) is 0 Å². The van der Waals surface area contributed by atoms with Gasteiger partial charge in [0.2, 0.25) is 0 Å². The molecule has 45 heavy (non-hydrogen) atoms. The van der Waals surface area contributed by atoms with Gasteiger partial charge < -0.3 is 9.31 Å². The van der Waals surface area contributed by atoms with Gasteiger partial charge in [-0.2, -0.15) is 0 Å². The highest BCUT2D eigenvalue weighted by Gasteiger charge is 2.51. The van der Waals surface area contributed by atoms with Crippen molar-refractivity contribution in [2.24, 2.45) is 0 Å². The second kappa shape index (κ2) is 10.5. The predicted molar refractivity (Wildman–Crippen MR) is 182 cm³/mol. The maximum Gasteiger partial charge on any atom is 0.494 e. The predicted octanol–water partition coefficient (Wildman–Crippen LogP) is 8.09. The van der Waals surface area contributed by atoms with Crippen LogP contribution in [0.4, 0.5) is 0 Å². The van der Waals surface area contributed by atoms with Crippen LogP contribution in [-0.4, -0.2) is 33.3 Å². The molecule has 2 aliphatic rings. The maximum atomic E-state index is 6.34. The summed E-state index contributed by atoms with van der Waals surface area (Å²) in [5.41, 5.74) is 8.18. The van der Waals surface area contributed by atoms with E-state index in [2.05, 4.69) is 88.4 Å². The molecule has 5 nitrogen and oxygen atoms in total. The minimum atomic E-state index is -0.468. The summed E-state index contributed by atoms with van der Waals surface area (Å²) >= 11 is 0. The van der Waals surface area contributed by atoms with E-state index in [1.807, 2.05) is 48.5 Å². The third-order valence-corrected chi connectivity index (χ3v) is 9.62. The van der Waals surface area contributed by atoms with Crippen LogP contribution in [-0.2, 0) is 22.2 Å². The molecule has 0 saturated carbocycles. The number of benzene rings is 5. The van der Waals surface area contributed by atoms with Crippen molar-refractivity contribution in [3.8, 4) is 45.3 Å². The van der Waals surface area contributed by atoms with Crippen LogP contribution in [0.15, 0.2) is 109 Å². The van der Waals surface area contributed by atoms with Gasteiger partial charge in [0, 0.05) is 16.7 Å². The Morgan fingerprint density at radius 1 is 0.511 bits per heavy atom. The Labute approximate surface area is 264 Å². The van der Waals surface area contributed by atoms with E-state index in [1.54, 1.807) is 0 Å². The van der Waals surface area contributed by atoms with Crippen LogP contribution in [0.25, 0.3) is 56.1 Å².